The summed E-state index contributed by atoms with van der Waals surface area (Å²) in [6, 6.07) is 12.0. The van der Waals surface area contributed by atoms with E-state index in [0.717, 1.165) is 18.4 Å². The number of hydrogen-bond acceptors (Lipinski definition) is 1. The number of nitrogens with zero attached hydrogens (tertiary/aromatic N) is 1. The minimum absolute atomic E-state index is 0.742. The zero-order valence-electron chi connectivity index (χ0n) is 8.18. The predicted molar refractivity (Wildman–Crippen MR) is 56.6 cm³/mol. The monoisotopic (exact) mass is 196 g/mol. The van der Waals surface area contributed by atoms with E-state index in [2.05, 4.69) is 16.8 Å². The van der Waals surface area contributed by atoms with E-state index >= 15 is 0 Å². The molecule has 0 amide bonds. The molecule has 2 heterocycles. The van der Waals surface area contributed by atoms with Gasteiger partial charge in [0.05, 0.1) is 5.56 Å². The lowest BCUT2D eigenvalue weighted by Gasteiger charge is -1.94. The van der Waals surface area contributed by atoms with Crippen molar-refractivity contribution < 1.29 is 9.36 Å². The van der Waals surface area contributed by atoms with E-state index in [0.29, 0.717) is 0 Å². The zero-order chi connectivity index (χ0) is 10.3. The van der Waals surface area contributed by atoms with Gasteiger partial charge in [0.15, 0.2) is 12.7 Å². The van der Waals surface area contributed by atoms with Gasteiger partial charge in [-0.15, -0.1) is 0 Å². The first kappa shape index (κ1) is 8.36. The number of pyridine rings is 1. The van der Waals surface area contributed by atoms with Crippen LogP contribution in [-0.4, -0.2) is 6.29 Å². The summed E-state index contributed by atoms with van der Waals surface area (Å²) in [6.45, 7) is 0.907. The van der Waals surface area contributed by atoms with Crippen LogP contribution in [0.2, 0.25) is 0 Å². The highest BCUT2D eigenvalue weighted by atomic mass is 16.1. The summed E-state index contributed by atoms with van der Waals surface area (Å²) in [5.41, 5.74) is 4.40. The van der Waals surface area contributed by atoms with Crippen LogP contribution >= 0.6 is 0 Å². The minimum Gasteiger partial charge on any atom is -0.298 e. The summed E-state index contributed by atoms with van der Waals surface area (Å²) >= 11 is 0. The molecule has 2 heteroatoms. The van der Waals surface area contributed by atoms with E-state index in [1.54, 1.807) is 0 Å². The van der Waals surface area contributed by atoms with Crippen molar-refractivity contribution in [2.24, 2.45) is 0 Å². The molecule has 0 spiro atoms. The van der Waals surface area contributed by atoms with Crippen LogP contribution in [-0.2, 0) is 6.54 Å². The SMILES string of the molecule is O=Cc1ccc2c(c1)-c1cccc[n+]1C2. The Hall–Kier alpha value is -1.96. The van der Waals surface area contributed by atoms with Crippen molar-refractivity contribution in [1.82, 2.24) is 0 Å². The molecule has 0 saturated carbocycles. The molecular weight excluding hydrogens is 186 g/mol. The van der Waals surface area contributed by atoms with Crippen molar-refractivity contribution in [1.29, 1.82) is 0 Å². The molecule has 0 unspecified atom stereocenters. The second-order valence-electron chi connectivity index (χ2n) is 3.75. The number of benzene rings is 1. The van der Waals surface area contributed by atoms with Gasteiger partial charge in [-0.25, -0.2) is 0 Å². The van der Waals surface area contributed by atoms with Gasteiger partial charge in [0.1, 0.15) is 6.29 Å². The van der Waals surface area contributed by atoms with Gasteiger partial charge < -0.3 is 0 Å². The Kier molecular flexibility index (Phi) is 1.68. The first-order valence-electron chi connectivity index (χ1n) is 4.95. The summed E-state index contributed by atoms with van der Waals surface area (Å²) in [6.07, 6.45) is 2.96. The molecule has 72 valence electrons. The second kappa shape index (κ2) is 3.02. The number of aromatic nitrogens is 1. The topological polar surface area (TPSA) is 20.9 Å². The maximum atomic E-state index is 10.7. The molecule has 1 aromatic carbocycles. The lowest BCUT2D eigenvalue weighted by atomic mass is 10.0. The number of fused-ring (bicyclic) bond motifs is 3. The molecule has 15 heavy (non-hydrogen) atoms. The van der Waals surface area contributed by atoms with Gasteiger partial charge in [0, 0.05) is 23.3 Å². The molecular formula is C13H10NO+. The fourth-order valence-corrected chi connectivity index (χ4v) is 2.09. The third-order valence-electron chi connectivity index (χ3n) is 2.83. The van der Waals surface area contributed by atoms with Crippen molar-refractivity contribution in [3.8, 4) is 11.3 Å². The lowest BCUT2D eigenvalue weighted by Crippen LogP contribution is -2.31. The molecule has 0 radical (unpaired) electrons. The molecule has 0 fully saturated rings. The van der Waals surface area contributed by atoms with Crippen molar-refractivity contribution in [3.05, 3.63) is 53.7 Å². The molecule has 0 saturated heterocycles. The number of rotatable bonds is 1. The lowest BCUT2D eigenvalue weighted by molar-refractivity contribution is -0.672. The van der Waals surface area contributed by atoms with Gasteiger partial charge in [0.2, 0.25) is 5.69 Å². The van der Waals surface area contributed by atoms with E-state index < -0.39 is 0 Å². The number of carbonyl (C=O) groups is 1. The normalized spacial score (nSPS) is 12.0. The number of aldehydes is 1. The molecule has 2 aromatic rings. The Morgan fingerprint density at radius 3 is 3.00 bits per heavy atom. The van der Waals surface area contributed by atoms with Crippen LogP contribution in [0.5, 0.6) is 0 Å². The van der Waals surface area contributed by atoms with Gasteiger partial charge in [-0.05, 0) is 12.1 Å². The highest BCUT2D eigenvalue weighted by Gasteiger charge is 2.24. The quantitative estimate of drug-likeness (QED) is 0.429. The molecule has 1 aliphatic heterocycles. The zero-order valence-corrected chi connectivity index (χ0v) is 8.18. The van der Waals surface area contributed by atoms with Crippen LogP contribution in [0.3, 0.4) is 0 Å². The van der Waals surface area contributed by atoms with Crippen LogP contribution in [0.4, 0.5) is 0 Å². The summed E-state index contributed by atoms with van der Waals surface area (Å²) < 4.78 is 2.19. The Morgan fingerprint density at radius 2 is 2.13 bits per heavy atom. The van der Waals surface area contributed by atoms with E-state index in [4.69, 9.17) is 0 Å². The first-order chi connectivity index (χ1) is 7.38. The third-order valence-corrected chi connectivity index (χ3v) is 2.83. The van der Waals surface area contributed by atoms with Crippen molar-refractivity contribution in [2.45, 2.75) is 6.54 Å². The minimum atomic E-state index is 0.742. The van der Waals surface area contributed by atoms with Crippen molar-refractivity contribution in [2.75, 3.05) is 0 Å². The largest absolute Gasteiger partial charge is 0.298 e. The molecule has 0 atom stereocenters. The maximum absolute atomic E-state index is 10.7. The molecule has 2 nitrogen and oxygen atoms in total. The van der Waals surface area contributed by atoms with E-state index in [1.807, 2.05) is 30.3 Å². The smallest absolute Gasteiger partial charge is 0.213 e. The molecule has 0 aliphatic carbocycles. The first-order valence-corrected chi connectivity index (χ1v) is 4.95. The van der Waals surface area contributed by atoms with Gasteiger partial charge in [-0.2, -0.15) is 4.57 Å². The number of hydrogen-bond donors (Lipinski definition) is 0. The molecule has 3 rings (SSSR count). The van der Waals surface area contributed by atoms with Crippen LogP contribution in [0.25, 0.3) is 11.3 Å². The van der Waals surface area contributed by atoms with Crippen LogP contribution in [0.15, 0.2) is 42.6 Å². The van der Waals surface area contributed by atoms with Crippen LogP contribution < -0.4 is 4.57 Å². The Labute approximate surface area is 87.8 Å². The molecule has 1 aromatic heterocycles. The average Bonchev–Trinajstić information content (AvgIpc) is 2.66. The van der Waals surface area contributed by atoms with Crippen LogP contribution in [0.1, 0.15) is 15.9 Å². The average molecular weight is 196 g/mol. The Morgan fingerprint density at radius 1 is 1.20 bits per heavy atom. The van der Waals surface area contributed by atoms with E-state index in [1.165, 1.54) is 16.8 Å². The highest BCUT2D eigenvalue weighted by Crippen LogP contribution is 2.26. The fraction of sp³-hybridized carbons (Fsp3) is 0.0769. The fourth-order valence-electron chi connectivity index (χ4n) is 2.09. The van der Waals surface area contributed by atoms with Crippen molar-refractivity contribution in [3.63, 3.8) is 0 Å². The highest BCUT2D eigenvalue weighted by molar-refractivity contribution is 5.79. The maximum Gasteiger partial charge on any atom is 0.213 e. The standard InChI is InChI=1S/C13H10NO/c15-9-10-4-5-11-8-14-6-2-1-3-13(14)12(11)7-10/h1-7,9H,8H2/q+1. The molecule has 0 N–H and O–H groups in total. The van der Waals surface area contributed by atoms with Crippen molar-refractivity contribution >= 4 is 6.29 Å². The van der Waals surface area contributed by atoms with Gasteiger partial charge in [-0.3, -0.25) is 4.79 Å². The molecule has 0 bridgehead atoms. The third kappa shape index (κ3) is 1.18. The van der Waals surface area contributed by atoms with E-state index in [9.17, 15) is 4.79 Å². The van der Waals surface area contributed by atoms with E-state index in [-0.39, 0.29) is 0 Å². The van der Waals surface area contributed by atoms with Crippen LogP contribution in [0, 0.1) is 0 Å². The van der Waals surface area contributed by atoms with Gasteiger partial charge >= 0.3 is 0 Å². The summed E-state index contributed by atoms with van der Waals surface area (Å²) in [7, 11) is 0. The van der Waals surface area contributed by atoms with Gasteiger partial charge in [0.25, 0.3) is 0 Å². The summed E-state index contributed by atoms with van der Waals surface area (Å²) in [4.78, 5) is 10.7. The second-order valence-corrected chi connectivity index (χ2v) is 3.75. The summed E-state index contributed by atoms with van der Waals surface area (Å²) in [5.74, 6) is 0. The molecule has 1 aliphatic rings. The number of carbonyl (C=O) groups excluding carboxylic acids is 1. The Bertz CT molecular complexity index is 546. The van der Waals surface area contributed by atoms with Gasteiger partial charge in [-0.1, -0.05) is 12.1 Å². The predicted octanol–water partition coefficient (Wildman–Crippen LogP) is 1.82. The Balaban J connectivity index is 2.26. The summed E-state index contributed by atoms with van der Waals surface area (Å²) in [5, 5.41) is 0.